The van der Waals surface area contributed by atoms with Crippen LogP contribution in [-0.2, 0) is 14.8 Å². The molecule has 4 rings (SSSR count). The van der Waals surface area contributed by atoms with Crippen LogP contribution in [-0.4, -0.2) is 54.6 Å². The molecule has 1 aliphatic heterocycles. The summed E-state index contributed by atoms with van der Waals surface area (Å²) in [5, 5.41) is 12.9. The number of hydrogen-bond donors (Lipinski definition) is 0. The maximum Gasteiger partial charge on any atom is 0.276 e. The minimum Gasteiger partial charge on any atom is -0.337 e. The van der Waals surface area contributed by atoms with Crippen LogP contribution in [0.25, 0.3) is 16.8 Å². The molecule has 164 valence electrons. The number of rotatable bonds is 5. The van der Waals surface area contributed by atoms with Gasteiger partial charge in [-0.15, -0.1) is 0 Å². The van der Waals surface area contributed by atoms with Crippen LogP contribution in [0.15, 0.2) is 77.7 Å². The van der Waals surface area contributed by atoms with Crippen LogP contribution in [0.2, 0.25) is 0 Å². The number of hydrogen-bond acceptors (Lipinski definition) is 5. The Kier molecular flexibility index (Phi) is 6.02. The molecule has 0 N–H and O–H groups in total. The van der Waals surface area contributed by atoms with Gasteiger partial charge in [-0.2, -0.15) is 4.31 Å². The van der Waals surface area contributed by atoms with Gasteiger partial charge in [0.05, 0.1) is 15.4 Å². The summed E-state index contributed by atoms with van der Waals surface area (Å²) in [4.78, 5) is 24.9. The van der Waals surface area contributed by atoms with Gasteiger partial charge in [-0.3, -0.25) is 14.9 Å². The van der Waals surface area contributed by atoms with Gasteiger partial charge in [0.25, 0.3) is 5.69 Å². The molecule has 3 aromatic rings. The van der Waals surface area contributed by atoms with E-state index < -0.39 is 14.9 Å². The number of amides is 1. The number of carbonyl (C=O) groups is 1. The number of nitro benzene ring substituents is 1. The van der Waals surface area contributed by atoms with Crippen molar-refractivity contribution in [3.63, 3.8) is 0 Å². The van der Waals surface area contributed by atoms with E-state index in [1.807, 2.05) is 24.3 Å². The molecule has 1 amide bonds. The number of fused-ring (bicyclic) bond motifs is 1. The fourth-order valence-corrected chi connectivity index (χ4v) is 5.15. The molecule has 0 aliphatic carbocycles. The van der Waals surface area contributed by atoms with Crippen molar-refractivity contribution in [2.24, 2.45) is 0 Å². The number of nitro groups is 1. The van der Waals surface area contributed by atoms with Crippen LogP contribution in [0.1, 0.15) is 5.56 Å². The normalized spacial score (nSPS) is 15.3. The standard InChI is InChI=1S/C23H21N3O5S/c27-23(12-10-19-6-3-4-8-22(19)26(28)29)24-13-15-25(16-14-24)32(30,31)21-11-9-18-5-1-2-7-20(18)17-21/h1-12,17H,13-16H2/b12-10+. The number of para-hydroxylation sites is 1. The predicted octanol–water partition coefficient (Wildman–Crippen LogP) is 3.29. The molecule has 1 heterocycles. The lowest BCUT2D eigenvalue weighted by molar-refractivity contribution is -0.385. The average Bonchev–Trinajstić information content (AvgIpc) is 2.82. The van der Waals surface area contributed by atoms with E-state index in [9.17, 15) is 23.3 Å². The molecule has 3 aromatic carbocycles. The molecule has 0 spiro atoms. The van der Waals surface area contributed by atoms with Gasteiger partial charge in [0.2, 0.25) is 15.9 Å². The highest BCUT2D eigenvalue weighted by Gasteiger charge is 2.29. The van der Waals surface area contributed by atoms with Crippen LogP contribution in [0, 0.1) is 10.1 Å². The van der Waals surface area contributed by atoms with E-state index in [0.29, 0.717) is 5.56 Å². The fourth-order valence-electron chi connectivity index (χ4n) is 3.69. The molecular formula is C23H21N3O5S. The van der Waals surface area contributed by atoms with Crippen molar-refractivity contribution >= 4 is 38.5 Å². The van der Waals surface area contributed by atoms with Crippen molar-refractivity contribution in [3.8, 4) is 0 Å². The van der Waals surface area contributed by atoms with E-state index in [0.717, 1.165) is 10.8 Å². The smallest absolute Gasteiger partial charge is 0.276 e. The molecule has 1 fully saturated rings. The summed E-state index contributed by atoms with van der Waals surface area (Å²) in [5.41, 5.74) is 0.256. The summed E-state index contributed by atoms with van der Waals surface area (Å²) >= 11 is 0. The number of nitrogens with zero attached hydrogens (tertiary/aromatic N) is 3. The Morgan fingerprint density at radius 3 is 2.28 bits per heavy atom. The minimum atomic E-state index is -3.67. The van der Waals surface area contributed by atoms with E-state index in [2.05, 4.69) is 0 Å². The summed E-state index contributed by atoms with van der Waals surface area (Å²) in [6.45, 7) is 0.847. The van der Waals surface area contributed by atoms with Crippen molar-refractivity contribution < 1.29 is 18.1 Å². The summed E-state index contributed by atoms with van der Waals surface area (Å²) < 4.78 is 27.5. The zero-order valence-corrected chi connectivity index (χ0v) is 17.9. The van der Waals surface area contributed by atoms with Crippen molar-refractivity contribution in [2.45, 2.75) is 4.90 Å². The van der Waals surface area contributed by atoms with Crippen LogP contribution in [0.3, 0.4) is 0 Å². The monoisotopic (exact) mass is 451 g/mol. The lowest BCUT2D eigenvalue weighted by atomic mass is 10.1. The second-order valence-corrected chi connectivity index (χ2v) is 9.33. The van der Waals surface area contributed by atoms with E-state index in [1.54, 1.807) is 36.4 Å². The Morgan fingerprint density at radius 2 is 1.56 bits per heavy atom. The topological polar surface area (TPSA) is 101 Å². The lowest BCUT2D eigenvalue weighted by Gasteiger charge is -2.33. The van der Waals surface area contributed by atoms with E-state index in [4.69, 9.17) is 0 Å². The van der Waals surface area contributed by atoms with Crippen LogP contribution < -0.4 is 0 Å². The van der Waals surface area contributed by atoms with Gasteiger partial charge in [0.15, 0.2) is 0 Å². The molecule has 0 bridgehead atoms. The van der Waals surface area contributed by atoms with Crippen LogP contribution >= 0.6 is 0 Å². The lowest BCUT2D eigenvalue weighted by Crippen LogP contribution is -2.50. The molecule has 32 heavy (non-hydrogen) atoms. The number of piperazine rings is 1. The van der Waals surface area contributed by atoms with Gasteiger partial charge in [0.1, 0.15) is 0 Å². The van der Waals surface area contributed by atoms with Crippen molar-refractivity contribution in [1.29, 1.82) is 0 Å². The number of sulfonamides is 1. The first kappa shape index (κ1) is 21.7. The van der Waals surface area contributed by atoms with E-state index >= 15 is 0 Å². The zero-order chi connectivity index (χ0) is 22.7. The quantitative estimate of drug-likeness (QED) is 0.337. The maximum absolute atomic E-state index is 13.1. The van der Waals surface area contributed by atoms with Gasteiger partial charge in [-0.1, -0.05) is 42.5 Å². The fraction of sp³-hybridized carbons (Fsp3) is 0.174. The summed E-state index contributed by atoms with van der Waals surface area (Å²) in [5.74, 6) is -0.314. The van der Waals surface area contributed by atoms with Gasteiger partial charge >= 0.3 is 0 Å². The van der Waals surface area contributed by atoms with Gasteiger partial charge in [-0.25, -0.2) is 8.42 Å². The Bertz CT molecular complexity index is 1310. The molecular weight excluding hydrogens is 430 g/mol. The van der Waals surface area contributed by atoms with Crippen molar-refractivity contribution in [2.75, 3.05) is 26.2 Å². The highest BCUT2D eigenvalue weighted by atomic mass is 32.2. The zero-order valence-electron chi connectivity index (χ0n) is 17.1. The van der Waals surface area contributed by atoms with Crippen LogP contribution in [0.4, 0.5) is 5.69 Å². The number of benzene rings is 3. The van der Waals surface area contributed by atoms with Crippen LogP contribution in [0.5, 0.6) is 0 Å². The molecule has 0 aromatic heterocycles. The summed E-state index contributed by atoms with van der Waals surface area (Å²) in [7, 11) is -3.67. The third-order valence-electron chi connectivity index (χ3n) is 5.45. The Balaban J connectivity index is 1.43. The van der Waals surface area contributed by atoms with E-state index in [1.165, 1.54) is 27.4 Å². The highest BCUT2D eigenvalue weighted by molar-refractivity contribution is 7.89. The Morgan fingerprint density at radius 1 is 0.906 bits per heavy atom. The second-order valence-electron chi connectivity index (χ2n) is 7.39. The van der Waals surface area contributed by atoms with Crippen molar-refractivity contribution in [1.82, 2.24) is 9.21 Å². The van der Waals surface area contributed by atoms with Gasteiger partial charge in [0, 0.05) is 38.3 Å². The first-order chi connectivity index (χ1) is 15.4. The second kappa shape index (κ2) is 8.89. The molecule has 9 heteroatoms. The maximum atomic E-state index is 13.1. The Labute approximate surface area is 185 Å². The van der Waals surface area contributed by atoms with Crippen molar-refractivity contribution in [3.05, 3.63) is 88.5 Å². The third-order valence-corrected chi connectivity index (χ3v) is 7.34. The minimum absolute atomic E-state index is 0.0807. The van der Waals surface area contributed by atoms with Gasteiger partial charge < -0.3 is 4.90 Å². The summed E-state index contributed by atoms with van der Waals surface area (Å²) in [6.07, 6.45) is 2.70. The largest absolute Gasteiger partial charge is 0.337 e. The molecule has 0 saturated carbocycles. The predicted molar refractivity (Wildman–Crippen MR) is 121 cm³/mol. The molecule has 1 aliphatic rings. The van der Waals surface area contributed by atoms with E-state index in [-0.39, 0.29) is 42.7 Å². The molecule has 8 nitrogen and oxygen atoms in total. The number of carbonyl (C=O) groups excluding carboxylic acids is 1. The molecule has 0 unspecified atom stereocenters. The Hall–Kier alpha value is -3.56. The highest BCUT2D eigenvalue weighted by Crippen LogP contribution is 2.23. The SMILES string of the molecule is O=C(/C=C/c1ccccc1[N+](=O)[O-])N1CCN(S(=O)(=O)c2ccc3ccccc3c2)CC1. The molecule has 0 atom stereocenters. The molecule has 1 saturated heterocycles. The first-order valence-corrected chi connectivity index (χ1v) is 11.5. The van der Waals surface area contributed by atoms with Gasteiger partial charge in [-0.05, 0) is 35.0 Å². The molecule has 0 radical (unpaired) electrons. The third kappa shape index (κ3) is 4.39. The first-order valence-electron chi connectivity index (χ1n) is 10.1. The average molecular weight is 452 g/mol. The summed E-state index contributed by atoms with van der Waals surface area (Å²) in [6, 6.07) is 18.8.